The molecule has 0 radical (unpaired) electrons. The molecule has 0 aliphatic heterocycles. The van der Waals surface area contributed by atoms with Crippen molar-refractivity contribution in [1.82, 2.24) is 10.2 Å². The number of aromatic amines is 1. The van der Waals surface area contributed by atoms with Gasteiger partial charge in [-0.1, -0.05) is 33.8 Å². The van der Waals surface area contributed by atoms with Crippen LogP contribution in [0, 0.1) is 0 Å². The molecule has 1 atom stereocenters. The number of nitrogens with zero attached hydrogens (tertiary/aromatic N) is 1. The summed E-state index contributed by atoms with van der Waals surface area (Å²) in [6.07, 6.45) is 2.64. The summed E-state index contributed by atoms with van der Waals surface area (Å²) >= 11 is 0. The van der Waals surface area contributed by atoms with Crippen LogP contribution in [0.5, 0.6) is 5.75 Å². The third kappa shape index (κ3) is 4.34. The Morgan fingerprint density at radius 2 is 2.13 bits per heavy atom. The standard InChI is InChI=1S/C18H25N3O2/c1-6-12(2)23-14-9-7-8-13(10-14)20-17(22)15-11-19-21-16(15)18(3,4)5/h7-12H,6H2,1-5H3,(H,19,21)(H,20,22). The lowest BCUT2D eigenvalue weighted by molar-refractivity contribution is 0.102. The lowest BCUT2D eigenvalue weighted by Gasteiger charge is -2.18. The first kappa shape index (κ1) is 17.1. The maximum atomic E-state index is 12.5. The average molecular weight is 315 g/mol. The van der Waals surface area contributed by atoms with Crippen molar-refractivity contribution in [2.24, 2.45) is 0 Å². The molecule has 1 aromatic heterocycles. The second-order valence-electron chi connectivity index (χ2n) is 6.73. The number of carbonyl (C=O) groups is 1. The molecule has 2 rings (SSSR count). The van der Waals surface area contributed by atoms with Gasteiger partial charge in [0.25, 0.3) is 5.91 Å². The largest absolute Gasteiger partial charge is 0.491 e. The molecule has 0 saturated heterocycles. The molecular formula is C18H25N3O2. The Balaban J connectivity index is 2.15. The zero-order valence-electron chi connectivity index (χ0n) is 14.4. The normalized spacial score (nSPS) is 12.7. The van der Waals surface area contributed by atoms with E-state index in [1.54, 1.807) is 6.20 Å². The van der Waals surface area contributed by atoms with Gasteiger partial charge >= 0.3 is 0 Å². The predicted octanol–water partition coefficient (Wildman–Crippen LogP) is 4.14. The summed E-state index contributed by atoms with van der Waals surface area (Å²) in [5.41, 5.74) is 1.91. The van der Waals surface area contributed by atoms with Crippen LogP contribution in [-0.4, -0.2) is 22.2 Å². The fourth-order valence-corrected chi connectivity index (χ4v) is 2.19. The zero-order valence-corrected chi connectivity index (χ0v) is 14.4. The molecule has 1 unspecified atom stereocenters. The summed E-state index contributed by atoms with van der Waals surface area (Å²) in [4.78, 5) is 12.5. The molecule has 0 aliphatic rings. The van der Waals surface area contributed by atoms with Gasteiger partial charge in [0.15, 0.2) is 0 Å². The summed E-state index contributed by atoms with van der Waals surface area (Å²) in [5, 5.41) is 9.84. The molecule has 2 N–H and O–H groups in total. The number of ether oxygens (including phenoxy) is 1. The van der Waals surface area contributed by atoms with Gasteiger partial charge in [0.2, 0.25) is 0 Å². The Morgan fingerprint density at radius 3 is 2.78 bits per heavy atom. The Morgan fingerprint density at radius 1 is 1.39 bits per heavy atom. The van der Waals surface area contributed by atoms with Crippen LogP contribution in [0.15, 0.2) is 30.5 Å². The van der Waals surface area contributed by atoms with Gasteiger partial charge in [0.05, 0.1) is 23.6 Å². The Hall–Kier alpha value is -2.30. The number of rotatable bonds is 5. The molecule has 0 fully saturated rings. The molecule has 1 amide bonds. The maximum Gasteiger partial charge on any atom is 0.259 e. The first-order valence-electron chi connectivity index (χ1n) is 7.93. The third-order valence-corrected chi connectivity index (χ3v) is 3.64. The highest BCUT2D eigenvalue weighted by atomic mass is 16.5. The molecule has 0 bridgehead atoms. The summed E-state index contributed by atoms with van der Waals surface area (Å²) < 4.78 is 5.78. The van der Waals surface area contributed by atoms with Crippen molar-refractivity contribution in [3.05, 3.63) is 41.7 Å². The van der Waals surface area contributed by atoms with E-state index < -0.39 is 0 Å². The first-order chi connectivity index (χ1) is 10.8. The van der Waals surface area contributed by atoms with Gasteiger partial charge < -0.3 is 10.1 Å². The van der Waals surface area contributed by atoms with Gasteiger partial charge in [-0.25, -0.2) is 0 Å². The predicted molar refractivity (Wildman–Crippen MR) is 92.1 cm³/mol. The number of hydrogen-bond acceptors (Lipinski definition) is 3. The van der Waals surface area contributed by atoms with Crippen molar-refractivity contribution in [2.75, 3.05) is 5.32 Å². The number of nitrogens with one attached hydrogen (secondary N) is 2. The van der Waals surface area contributed by atoms with Crippen molar-refractivity contribution in [3.8, 4) is 5.75 Å². The van der Waals surface area contributed by atoms with Crippen LogP contribution in [0.25, 0.3) is 0 Å². The van der Waals surface area contributed by atoms with Gasteiger partial charge in [-0.2, -0.15) is 5.10 Å². The van der Waals surface area contributed by atoms with Crippen molar-refractivity contribution in [3.63, 3.8) is 0 Å². The van der Waals surface area contributed by atoms with Gasteiger partial charge in [-0.15, -0.1) is 0 Å². The van der Waals surface area contributed by atoms with E-state index in [4.69, 9.17) is 4.74 Å². The van der Waals surface area contributed by atoms with Crippen molar-refractivity contribution >= 4 is 11.6 Å². The fraction of sp³-hybridized carbons (Fsp3) is 0.444. The van der Waals surface area contributed by atoms with E-state index in [2.05, 4.69) is 22.4 Å². The molecule has 124 valence electrons. The van der Waals surface area contributed by atoms with Crippen LogP contribution in [0.4, 0.5) is 5.69 Å². The molecule has 5 nitrogen and oxygen atoms in total. The minimum Gasteiger partial charge on any atom is -0.491 e. The number of carbonyl (C=O) groups excluding carboxylic acids is 1. The monoisotopic (exact) mass is 315 g/mol. The molecular weight excluding hydrogens is 290 g/mol. The SMILES string of the molecule is CCC(C)Oc1cccc(NC(=O)c2cn[nH]c2C(C)(C)C)c1. The minimum atomic E-state index is -0.177. The molecule has 0 aliphatic carbocycles. The molecule has 23 heavy (non-hydrogen) atoms. The minimum absolute atomic E-state index is 0.141. The van der Waals surface area contributed by atoms with Crippen molar-refractivity contribution < 1.29 is 9.53 Å². The van der Waals surface area contributed by atoms with Crippen LogP contribution in [-0.2, 0) is 5.41 Å². The summed E-state index contributed by atoms with van der Waals surface area (Å²) in [6, 6.07) is 7.44. The van der Waals surface area contributed by atoms with E-state index in [1.165, 1.54) is 0 Å². The Kier molecular flexibility index (Phi) is 5.08. The lowest BCUT2D eigenvalue weighted by atomic mass is 9.89. The Bertz CT molecular complexity index is 671. The topological polar surface area (TPSA) is 67.0 Å². The van der Waals surface area contributed by atoms with Gasteiger partial charge in [0, 0.05) is 17.2 Å². The van der Waals surface area contributed by atoms with Crippen molar-refractivity contribution in [2.45, 2.75) is 52.6 Å². The van der Waals surface area contributed by atoms with Crippen LogP contribution in [0.1, 0.15) is 57.1 Å². The van der Waals surface area contributed by atoms with Crippen LogP contribution < -0.4 is 10.1 Å². The van der Waals surface area contributed by atoms with E-state index in [0.717, 1.165) is 17.9 Å². The number of aromatic nitrogens is 2. The van der Waals surface area contributed by atoms with Crippen molar-refractivity contribution in [1.29, 1.82) is 0 Å². The molecule has 1 aromatic carbocycles. The zero-order chi connectivity index (χ0) is 17.0. The van der Waals surface area contributed by atoms with Crippen LogP contribution >= 0.6 is 0 Å². The Labute approximate surface area is 137 Å². The van der Waals surface area contributed by atoms with E-state index >= 15 is 0 Å². The molecule has 0 saturated carbocycles. The highest BCUT2D eigenvalue weighted by Gasteiger charge is 2.24. The summed E-state index contributed by atoms with van der Waals surface area (Å²) in [6.45, 7) is 10.2. The summed E-state index contributed by atoms with van der Waals surface area (Å²) in [5.74, 6) is 0.574. The van der Waals surface area contributed by atoms with E-state index in [9.17, 15) is 4.79 Å². The average Bonchev–Trinajstić information content (AvgIpc) is 2.97. The summed E-state index contributed by atoms with van der Waals surface area (Å²) in [7, 11) is 0. The molecule has 1 heterocycles. The van der Waals surface area contributed by atoms with Gasteiger partial charge in [-0.05, 0) is 25.5 Å². The second kappa shape index (κ2) is 6.86. The van der Waals surface area contributed by atoms with E-state index in [0.29, 0.717) is 11.3 Å². The van der Waals surface area contributed by atoms with E-state index in [-0.39, 0.29) is 17.4 Å². The molecule has 2 aromatic rings. The van der Waals surface area contributed by atoms with E-state index in [1.807, 2.05) is 52.0 Å². The van der Waals surface area contributed by atoms with Gasteiger partial charge in [0.1, 0.15) is 5.75 Å². The quantitative estimate of drug-likeness (QED) is 0.871. The smallest absolute Gasteiger partial charge is 0.259 e. The number of hydrogen-bond donors (Lipinski definition) is 2. The highest BCUT2D eigenvalue weighted by molar-refractivity contribution is 6.05. The first-order valence-corrected chi connectivity index (χ1v) is 7.93. The number of H-pyrrole nitrogens is 1. The number of amides is 1. The van der Waals surface area contributed by atoms with Gasteiger partial charge in [-0.3, -0.25) is 9.89 Å². The highest BCUT2D eigenvalue weighted by Crippen LogP contribution is 2.25. The maximum absolute atomic E-state index is 12.5. The number of anilines is 1. The third-order valence-electron chi connectivity index (χ3n) is 3.64. The number of benzene rings is 1. The fourth-order valence-electron chi connectivity index (χ4n) is 2.19. The lowest BCUT2D eigenvalue weighted by Crippen LogP contribution is -2.20. The molecule has 0 spiro atoms. The van der Waals surface area contributed by atoms with Crippen LogP contribution in [0.3, 0.4) is 0 Å². The second-order valence-corrected chi connectivity index (χ2v) is 6.73. The van der Waals surface area contributed by atoms with Crippen LogP contribution in [0.2, 0.25) is 0 Å². The molecule has 5 heteroatoms.